The molecule has 1 aliphatic heterocycles. The van der Waals surface area contributed by atoms with E-state index < -0.39 is 0 Å². The second-order valence-corrected chi connectivity index (χ2v) is 6.10. The third-order valence-corrected chi connectivity index (χ3v) is 4.17. The molecule has 0 bridgehead atoms. The van der Waals surface area contributed by atoms with E-state index in [2.05, 4.69) is 10.6 Å². The molecule has 0 saturated carbocycles. The number of anilines is 2. The van der Waals surface area contributed by atoms with Crippen molar-refractivity contribution in [1.29, 1.82) is 0 Å². The highest BCUT2D eigenvalue weighted by Crippen LogP contribution is 2.18. The predicted molar refractivity (Wildman–Crippen MR) is 99.9 cm³/mol. The minimum atomic E-state index is -0.282. The summed E-state index contributed by atoms with van der Waals surface area (Å²) in [7, 11) is 0. The minimum Gasteiger partial charge on any atom is -0.483 e. The lowest BCUT2D eigenvalue weighted by Gasteiger charge is -2.24. The molecule has 6 nitrogen and oxygen atoms in total. The van der Waals surface area contributed by atoms with Crippen molar-refractivity contribution in [2.45, 2.75) is 18.9 Å². The first-order chi connectivity index (χ1) is 12.7. The second-order valence-electron chi connectivity index (χ2n) is 6.10. The van der Waals surface area contributed by atoms with Gasteiger partial charge in [-0.25, -0.2) is 0 Å². The van der Waals surface area contributed by atoms with Crippen LogP contribution in [0.25, 0.3) is 0 Å². The van der Waals surface area contributed by atoms with E-state index in [1.54, 1.807) is 24.3 Å². The van der Waals surface area contributed by atoms with Crippen LogP contribution in [0.2, 0.25) is 0 Å². The summed E-state index contributed by atoms with van der Waals surface area (Å²) in [6.45, 7) is 1.42. The van der Waals surface area contributed by atoms with E-state index in [4.69, 9.17) is 9.47 Å². The zero-order valence-corrected chi connectivity index (χ0v) is 14.4. The normalized spacial score (nSPS) is 14.5. The van der Waals surface area contributed by atoms with E-state index >= 15 is 0 Å². The number of carbonyl (C=O) groups excluding carboxylic acids is 2. The van der Waals surface area contributed by atoms with Gasteiger partial charge in [0.1, 0.15) is 5.75 Å². The number of nitrogens with one attached hydrogen (secondary N) is 2. The SMILES string of the molecule is O=Cc1ccccc1OCC(=O)Nc1ccc(NC2CCOCC2)cc1. The van der Waals surface area contributed by atoms with Gasteiger partial charge in [-0.2, -0.15) is 0 Å². The summed E-state index contributed by atoms with van der Waals surface area (Å²) < 4.78 is 10.8. The number of hydrogen-bond acceptors (Lipinski definition) is 5. The number of ether oxygens (including phenoxy) is 2. The van der Waals surface area contributed by atoms with Gasteiger partial charge in [0.2, 0.25) is 0 Å². The summed E-state index contributed by atoms with van der Waals surface area (Å²) >= 11 is 0. The zero-order valence-electron chi connectivity index (χ0n) is 14.4. The number of rotatable bonds is 7. The van der Waals surface area contributed by atoms with E-state index in [0.717, 1.165) is 31.7 Å². The van der Waals surface area contributed by atoms with Crippen LogP contribution in [0.15, 0.2) is 48.5 Å². The first-order valence-corrected chi connectivity index (χ1v) is 8.66. The maximum atomic E-state index is 12.0. The molecule has 0 aromatic heterocycles. The molecule has 26 heavy (non-hydrogen) atoms. The molecule has 6 heteroatoms. The maximum absolute atomic E-state index is 12.0. The fourth-order valence-corrected chi connectivity index (χ4v) is 2.78. The van der Waals surface area contributed by atoms with Crippen LogP contribution in [-0.4, -0.2) is 38.1 Å². The van der Waals surface area contributed by atoms with Crippen molar-refractivity contribution in [1.82, 2.24) is 0 Å². The highest BCUT2D eigenvalue weighted by atomic mass is 16.5. The Morgan fingerprint density at radius 3 is 2.50 bits per heavy atom. The van der Waals surface area contributed by atoms with Crippen LogP contribution in [0.1, 0.15) is 23.2 Å². The zero-order chi connectivity index (χ0) is 18.2. The van der Waals surface area contributed by atoms with E-state index in [-0.39, 0.29) is 12.5 Å². The molecule has 0 radical (unpaired) electrons. The third kappa shape index (κ3) is 5.07. The van der Waals surface area contributed by atoms with Crippen molar-refractivity contribution >= 4 is 23.6 Å². The van der Waals surface area contributed by atoms with E-state index in [0.29, 0.717) is 29.3 Å². The van der Waals surface area contributed by atoms with Gasteiger partial charge in [0.05, 0.1) is 5.56 Å². The highest BCUT2D eigenvalue weighted by Gasteiger charge is 2.13. The Balaban J connectivity index is 1.48. The van der Waals surface area contributed by atoms with Crippen molar-refractivity contribution in [3.8, 4) is 5.75 Å². The Labute approximate surface area is 152 Å². The molecule has 0 aliphatic carbocycles. The van der Waals surface area contributed by atoms with E-state index in [1.165, 1.54) is 0 Å². The van der Waals surface area contributed by atoms with Crippen LogP contribution in [0.5, 0.6) is 5.75 Å². The topological polar surface area (TPSA) is 76.7 Å². The number of carbonyl (C=O) groups is 2. The van der Waals surface area contributed by atoms with Crippen molar-refractivity contribution in [2.75, 3.05) is 30.5 Å². The Kier molecular flexibility index (Phi) is 6.22. The molecule has 2 N–H and O–H groups in total. The molecular weight excluding hydrogens is 332 g/mol. The summed E-state index contributed by atoms with van der Waals surface area (Å²) in [5, 5.41) is 6.25. The number of benzene rings is 2. The van der Waals surface area contributed by atoms with Gasteiger partial charge in [-0.15, -0.1) is 0 Å². The quantitative estimate of drug-likeness (QED) is 0.747. The molecule has 0 spiro atoms. The smallest absolute Gasteiger partial charge is 0.262 e. The molecule has 1 fully saturated rings. The first kappa shape index (κ1) is 17.9. The lowest BCUT2D eigenvalue weighted by molar-refractivity contribution is -0.118. The lowest BCUT2D eigenvalue weighted by Crippen LogP contribution is -2.27. The monoisotopic (exact) mass is 354 g/mol. The second kappa shape index (κ2) is 9.01. The average molecular weight is 354 g/mol. The largest absolute Gasteiger partial charge is 0.483 e. The molecule has 1 saturated heterocycles. The number of aldehydes is 1. The fraction of sp³-hybridized carbons (Fsp3) is 0.300. The predicted octanol–water partition coefficient (Wildman–Crippen LogP) is 3.11. The van der Waals surface area contributed by atoms with Gasteiger partial charge in [0, 0.05) is 30.6 Å². The molecule has 0 atom stereocenters. The van der Waals surface area contributed by atoms with E-state index in [1.807, 2.05) is 24.3 Å². The Hall–Kier alpha value is -2.86. The van der Waals surface area contributed by atoms with Gasteiger partial charge in [-0.05, 0) is 49.2 Å². The fourth-order valence-electron chi connectivity index (χ4n) is 2.78. The molecule has 1 amide bonds. The number of para-hydroxylation sites is 1. The summed E-state index contributed by atoms with van der Waals surface area (Å²) in [6.07, 6.45) is 2.70. The molecule has 3 rings (SSSR count). The Bertz CT molecular complexity index is 740. The summed E-state index contributed by atoms with van der Waals surface area (Å²) in [5.74, 6) is 0.115. The van der Waals surface area contributed by atoms with Gasteiger partial charge < -0.3 is 20.1 Å². The molecule has 2 aromatic rings. The van der Waals surface area contributed by atoms with Crippen molar-refractivity contribution in [3.05, 3.63) is 54.1 Å². The molecule has 1 heterocycles. The minimum absolute atomic E-state index is 0.160. The van der Waals surface area contributed by atoms with Crippen LogP contribution in [0.4, 0.5) is 11.4 Å². The highest BCUT2D eigenvalue weighted by molar-refractivity contribution is 5.92. The Morgan fingerprint density at radius 1 is 1.08 bits per heavy atom. The maximum Gasteiger partial charge on any atom is 0.262 e. The van der Waals surface area contributed by atoms with Crippen LogP contribution >= 0.6 is 0 Å². The molecule has 0 unspecified atom stereocenters. The van der Waals surface area contributed by atoms with E-state index in [9.17, 15) is 9.59 Å². The van der Waals surface area contributed by atoms with Gasteiger partial charge in [0.15, 0.2) is 12.9 Å². The average Bonchev–Trinajstić information content (AvgIpc) is 2.69. The lowest BCUT2D eigenvalue weighted by atomic mass is 10.1. The molecule has 136 valence electrons. The van der Waals surface area contributed by atoms with Crippen LogP contribution < -0.4 is 15.4 Å². The van der Waals surface area contributed by atoms with Gasteiger partial charge in [0.25, 0.3) is 5.91 Å². The summed E-state index contributed by atoms with van der Waals surface area (Å²) in [4.78, 5) is 23.0. The van der Waals surface area contributed by atoms with Crippen molar-refractivity contribution < 1.29 is 19.1 Å². The number of hydrogen-bond donors (Lipinski definition) is 2. The van der Waals surface area contributed by atoms with Gasteiger partial charge in [-0.3, -0.25) is 9.59 Å². The molecule has 2 aromatic carbocycles. The van der Waals surface area contributed by atoms with Crippen LogP contribution in [0, 0.1) is 0 Å². The molecular formula is C20H22N2O4. The summed E-state index contributed by atoms with van der Waals surface area (Å²) in [5.41, 5.74) is 2.13. The Morgan fingerprint density at radius 2 is 1.77 bits per heavy atom. The summed E-state index contributed by atoms with van der Waals surface area (Å²) in [6, 6.07) is 14.8. The third-order valence-electron chi connectivity index (χ3n) is 4.17. The molecule has 1 aliphatic rings. The first-order valence-electron chi connectivity index (χ1n) is 8.66. The van der Waals surface area contributed by atoms with Gasteiger partial charge in [-0.1, -0.05) is 12.1 Å². The number of amides is 1. The van der Waals surface area contributed by atoms with Crippen molar-refractivity contribution in [3.63, 3.8) is 0 Å². The van der Waals surface area contributed by atoms with Crippen LogP contribution in [0.3, 0.4) is 0 Å². The van der Waals surface area contributed by atoms with Crippen LogP contribution in [-0.2, 0) is 9.53 Å². The standard InChI is InChI=1S/C20H22N2O4/c23-13-15-3-1-2-4-19(15)26-14-20(24)22-17-7-5-16(6-8-17)21-18-9-11-25-12-10-18/h1-8,13,18,21H,9-12,14H2,(H,22,24). The van der Waals surface area contributed by atoms with Crippen molar-refractivity contribution in [2.24, 2.45) is 0 Å². The van der Waals surface area contributed by atoms with Gasteiger partial charge >= 0.3 is 0 Å².